The molecule has 7 heteroatoms. The van der Waals surface area contributed by atoms with Crippen LogP contribution in [0, 0.1) is 0 Å². The number of anilines is 2. The van der Waals surface area contributed by atoms with Crippen LogP contribution in [0.25, 0.3) is 0 Å². The minimum atomic E-state index is -1.08. The molecule has 2 aromatic carbocycles. The summed E-state index contributed by atoms with van der Waals surface area (Å²) in [5, 5.41) is 4.88. The maximum absolute atomic E-state index is 13.5. The number of ether oxygens (including phenoxy) is 1. The van der Waals surface area contributed by atoms with E-state index < -0.39 is 5.54 Å². The Hall–Kier alpha value is -2.64. The van der Waals surface area contributed by atoms with E-state index in [1.54, 1.807) is 24.1 Å². The molecule has 1 unspecified atom stereocenters. The predicted octanol–water partition coefficient (Wildman–Crippen LogP) is 4.79. The van der Waals surface area contributed by atoms with Gasteiger partial charge in [-0.2, -0.15) is 0 Å². The number of halogens is 1. The average molecular weight is 457 g/mol. The maximum atomic E-state index is 13.5. The summed E-state index contributed by atoms with van der Waals surface area (Å²) in [6.07, 6.45) is 0.116. The van der Waals surface area contributed by atoms with Crippen LogP contribution in [0.3, 0.4) is 0 Å². The average Bonchev–Trinajstić information content (AvgIpc) is 3.22. The highest BCUT2D eigenvalue weighted by Gasteiger charge is 2.59. The van der Waals surface area contributed by atoms with Crippen LogP contribution in [0.1, 0.15) is 11.3 Å². The fourth-order valence-corrected chi connectivity index (χ4v) is 4.61. The van der Waals surface area contributed by atoms with E-state index in [0.29, 0.717) is 17.1 Å². The van der Waals surface area contributed by atoms with Gasteiger partial charge in [-0.05, 0) is 47.8 Å². The lowest BCUT2D eigenvalue weighted by molar-refractivity contribution is -0.137. The van der Waals surface area contributed by atoms with Crippen LogP contribution in [-0.4, -0.2) is 18.9 Å². The number of methoxy groups -OCH3 is 1. The molecule has 142 valence electrons. The molecule has 2 heterocycles. The van der Waals surface area contributed by atoms with Crippen molar-refractivity contribution in [3.05, 3.63) is 75.4 Å². The molecule has 0 radical (unpaired) electrons. The fourth-order valence-electron chi connectivity index (χ4n) is 3.43. The summed E-state index contributed by atoms with van der Waals surface area (Å²) in [6, 6.07) is 18.4. The molecule has 4 rings (SSSR count). The second-order valence-corrected chi connectivity index (χ2v) is 8.24. The van der Waals surface area contributed by atoms with Gasteiger partial charge in [-0.25, -0.2) is 0 Å². The van der Waals surface area contributed by atoms with Crippen molar-refractivity contribution in [1.29, 1.82) is 0 Å². The molecule has 1 aliphatic heterocycles. The molecule has 1 fully saturated rings. The number of carbonyl (C=O) groups excluding carboxylic acids is 2. The number of hydrogen-bond acceptors (Lipinski definition) is 4. The monoisotopic (exact) mass is 456 g/mol. The number of thiophene rings is 1. The summed E-state index contributed by atoms with van der Waals surface area (Å²) in [5.74, 6) is 0.214. The standard InChI is InChI=1S/C21H17BrN2O3S/c1-27-17-6-3-2-5-16(17)23-20(26)21(18-7-4-12-28-18)13-19(25)24(21)15-10-8-14(22)9-11-15/h2-12H,13H2,1H3,(H,23,26). The van der Waals surface area contributed by atoms with Crippen molar-refractivity contribution in [2.24, 2.45) is 0 Å². The van der Waals surface area contributed by atoms with Gasteiger partial charge in [0, 0.05) is 15.0 Å². The molecular formula is C21H17BrN2O3S. The van der Waals surface area contributed by atoms with Crippen LogP contribution in [0.2, 0.25) is 0 Å². The summed E-state index contributed by atoms with van der Waals surface area (Å²) in [6.45, 7) is 0. The van der Waals surface area contributed by atoms with Crippen LogP contribution >= 0.6 is 27.3 Å². The van der Waals surface area contributed by atoms with Gasteiger partial charge < -0.3 is 10.1 Å². The zero-order chi connectivity index (χ0) is 19.7. The fraction of sp³-hybridized carbons (Fsp3) is 0.143. The van der Waals surface area contributed by atoms with Crippen LogP contribution in [0.5, 0.6) is 5.75 Å². The molecule has 1 saturated heterocycles. The third-order valence-electron chi connectivity index (χ3n) is 4.78. The Morgan fingerprint density at radius 1 is 1.14 bits per heavy atom. The second-order valence-electron chi connectivity index (χ2n) is 6.37. The molecule has 2 amide bonds. The molecule has 0 aliphatic carbocycles. The lowest BCUT2D eigenvalue weighted by atomic mass is 9.80. The SMILES string of the molecule is COc1ccccc1NC(=O)C1(c2cccs2)CC(=O)N1c1ccc(Br)cc1. The molecule has 0 spiro atoms. The molecule has 1 atom stereocenters. The Morgan fingerprint density at radius 3 is 2.54 bits per heavy atom. The van der Waals surface area contributed by atoms with Crippen molar-refractivity contribution in [3.63, 3.8) is 0 Å². The number of nitrogens with zero attached hydrogens (tertiary/aromatic N) is 1. The smallest absolute Gasteiger partial charge is 0.256 e. The Kier molecular flexibility index (Phi) is 4.95. The first-order valence-corrected chi connectivity index (χ1v) is 10.3. The highest BCUT2D eigenvalue weighted by atomic mass is 79.9. The zero-order valence-corrected chi connectivity index (χ0v) is 17.4. The van der Waals surface area contributed by atoms with Crippen molar-refractivity contribution >= 4 is 50.5 Å². The van der Waals surface area contributed by atoms with E-state index in [0.717, 1.165) is 9.35 Å². The Morgan fingerprint density at radius 2 is 1.89 bits per heavy atom. The van der Waals surface area contributed by atoms with Crippen LogP contribution in [-0.2, 0) is 15.1 Å². The van der Waals surface area contributed by atoms with Crippen LogP contribution < -0.4 is 15.0 Å². The lowest BCUT2D eigenvalue weighted by Crippen LogP contribution is -2.67. The van der Waals surface area contributed by atoms with E-state index in [1.807, 2.05) is 53.9 Å². The van der Waals surface area contributed by atoms with E-state index in [4.69, 9.17) is 4.74 Å². The maximum Gasteiger partial charge on any atom is 0.256 e. The Balaban J connectivity index is 1.76. The Bertz CT molecular complexity index is 1020. The highest BCUT2D eigenvalue weighted by Crippen LogP contribution is 2.47. The van der Waals surface area contributed by atoms with Gasteiger partial charge in [-0.3, -0.25) is 14.5 Å². The van der Waals surface area contributed by atoms with Gasteiger partial charge >= 0.3 is 0 Å². The highest BCUT2D eigenvalue weighted by molar-refractivity contribution is 9.10. The van der Waals surface area contributed by atoms with E-state index >= 15 is 0 Å². The third kappa shape index (κ3) is 3.00. The molecule has 5 nitrogen and oxygen atoms in total. The number of amides is 2. The Labute approximate surface area is 175 Å². The number of carbonyl (C=O) groups is 2. The quantitative estimate of drug-likeness (QED) is 0.561. The molecule has 28 heavy (non-hydrogen) atoms. The number of rotatable bonds is 5. The summed E-state index contributed by atoms with van der Waals surface area (Å²) >= 11 is 4.87. The molecule has 1 aliphatic rings. The molecule has 1 aromatic heterocycles. The van der Waals surface area contributed by atoms with E-state index in [9.17, 15) is 9.59 Å². The number of benzene rings is 2. The number of para-hydroxylation sites is 2. The van der Waals surface area contributed by atoms with Crippen molar-refractivity contribution in [3.8, 4) is 5.75 Å². The number of β-lactam (4-membered cyclic amide) rings is 1. The molecule has 0 saturated carbocycles. The second kappa shape index (κ2) is 7.41. The van der Waals surface area contributed by atoms with Crippen molar-refractivity contribution in [2.75, 3.05) is 17.3 Å². The van der Waals surface area contributed by atoms with Gasteiger partial charge in [-0.1, -0.05) is 34.1 Å². The number of hydrogen-bond donors (Lipinski definition) is 1. The topological polar surface area (TPSA) is 58.6 Å². The molecular weight excluding hydrogens is 440 g/mol. The zero-order valence-electron chi connectivity index (χ0n) is 15.0. The van der Waals surface area contributed by atoms with Gasteiger partial charge in [0.1, 0.15) is 5.75 Å². The first kappa shape index (κ1) is 18.7. The molecule has 1 N–H and O–H groups in total. The van der Waals surface area contributed by atoms with Gasteiger partial charge in [0.2, 0.25) is 5.91 Å². The van der Waals surface area contributed by atoms with E-state index in [2.05, 4.69) is 21.2 Å². The van der Waals surface area contributed by atoms with Gasteiger partial charge in [-0.15, -0.1) is 11.3 Å². The minimum Gasteiger partial charge on any atom is -0.495 e. The van der Waals surface area contributed by atoms with Gasteiger partial charge in [0.05, 0.1) is 19.2 Å². The normalized spacial score (nSPS) is 18.5. The van der Waals surface area contributed by atoms with Crippen molar-refractivity contribution < 1.29 is 14.3 Å². The largest absolute Gasteiger partial charge is 0.495 e. The summed E-state index contributed by atoms with van der Waals surface area (Å²) < 4.78 is 6.26. The number of nitrogens with one attached hydrogen (secondary N) is 1. The minimum absolute atomic E-state index is 0.0918. The molecule has 3 aromatic rings. The third-order valence-corrected chi connectivity index (χ3v) is 6.33. The van der Waals surface area contributed by atoms with E-state index in [-0.39, 0.29) is 18.2 Å². The first-order chi connectivity index (χ1) is 13.6. The van der Waals surface area contributed by atoms with Gasteiger partial charge in [0.25, 0.3) is 5.91 Å². The van der Waals surface area contributed by atoms with Crippen LogP contribution in [0.15, 0.2) is 70.5 Å². The van der Waals surface area contributed by atoms with Crippen LogP contribution in [0.4, 0.5) is 11.4 Å². The van der Waals surface area contributed by atoms with E-state index in [1.165, 1.54) is 11.3 Å². The summed E-state index contributed by atoms with van der Waals surface area (Å²) in [7, 11) is 1.56. The summed E-state index contributed by atoms with van der Waals surface area (Å²) in [4.78, 5) is 28.5. The molecule has 0 bridgehead atoms. The van der Waals surface area contributed by atoms with Crippen molar-refractivity contribution in [2.45, 2.75) is 12.0 Å². The van der Waals surface area contributed by atoms with Gasteiger partial charge in [0.15, 0.2) is 5.54 Å². The predicted molar refractivity (Wildman–Crippen MR) is 114 cm³/mol. The first-order valence-electron chi connectivity index (χ1n) is 8.63. The summed E-state index contributed by atoms with van der Waals surface area (Å²) in [5.41, 5.74) is 0.170. The lowest BCUT2D eigenvalue weighted by Gasteiger charge is -2.49. The van der Waals surface area contributed by atoms with Crippen molar-refractivity contribution in [1.82, 2.24) is 0 Å².